The van der Waals surface area contributed by atoms with E-state index in [1.807, 2.05) is 37.3 Å². The van der Waals surface area contributed by atoms with Gasteiger partial charge in [0.15, 0.2) is 11.5 Å². The number of phenolic OH excluding ortho intramolecular Hbond substituents is 2. The smallest absolute Gasteiger partial charge is 0.176 e. The number of hydrogen-bond donors (Lipinski definition) is 2. The molecule has 0 aliphatic heterocycles. The number of hydrogen-bond acceptors (Lipinski definition) is 3. The number of phenols is 2. The first kappa shape index (κ1) is 14.4. The summed E-state index contributed by atoms with van der Waals surface area (Å²) in [5, 5.41) is 20.2. The van der Waals surface area contributed by atoms with E-state index < -0.39 is 0 Å². The minimum Gasteiger partial charge on any atom is -0.504 e. The van der Waals surface area contributed by atoms with Gasteiger partial charge < -0.3 is 10.2 Å². The zero-order valence-electron chi connectivity index (χ0n) is 11.9. The molecule has 0 unspecified atom stereocenters. The van der Waals surface area contributed by atoms with Crippen LogP contribution in [0.3, 0.4) is 0 Å². The van der Waals surface area contributed by atoms with Crippen LogP contribution in [0.5, 0.6) is 11.5 Å². The number of fused-ring (bicyclic) bond motifs is 1. The average molecular weight is 312 g/mol. The summed E-state index contributed by atoms with van der Waals surface area (Å²) in [5.41, 5.74) is 3.62. The lowest BCUT2D eigenvalue weighted by molar-refractivity contribution is 0.404. The molecule has 0 aliphatic rings. The average Bonchev–Trinajstić information content (AvgIpc) is 2.50. The molecule has 1 aromatic heterocycles. The van der Waals surface area contributed by atoms with Gasteiger partial charge in [-0.2, -0.15) is 0 Å². The van der Waals surface area contributed by atoms with Gasteiger partial charge in [-0.15, -0.1) is 0 Å². The van der Waals surface area contributed by atoms with Crippen molar-refractivity contribution in [3.05, 3.63) is 64.3 Å². The lowest BCUT2D eigenvalue weighted by Crippen LogP contribution is -1.84. The molecule has 110 valence electrons. The standard InChI is InChI=1S/C18H14ClNO2/c1-11-2-7-16-13(8-11)4-6-14(20-16)5-3-12-9-15(19)18(22)17(21)10-12/h2-10,21-22H,1H3/b5-3+. The molecule has 0 saturated heterocycles. The summed E-state index contributed by atoms with van der Waals surface area (Å²) in [7, 11) is 0. The molecule has 0 atom stereocenters. The number of benzene rings is 2. The molecule has 0 spiro atoms. The quantitative estimate of drug-likeness (QED) is 0.670. The summed E-state index contributed by atoms with van der Waals surface area (Å²) >= 11 is 5.83. The lowest BCUT2D eigenvalue weighted by atomic mass is 10.1. The second-order valence-corrected chi connectivity index (χ2v) is 5.54. The van der Waals surface area contributed by atoms with Crippen LogP contribution in [0.15, 0.2) is 42.5 Å². The van der Waals surface area contributed by atoms with E-state index in [9.17, 15) is 10.2 Å². The van der Waals surface area contributed by atoms with Crippen LogP contribution in [-0.4, -0.2) is 15.2 Å². The van der Waals surface area contributed by atoms with Gasteiger partial charge in [0, 0.05) is 5.39 Å². The second kappa shape index (κ2) is 5.70. The van der Waals surface area contributed by atoms with Gasteiger partial charge >= 0.3 is 0 Å². The molecule has 1 heterocycles. The summed E-state index contributed by atoms with van der Waals surface area (Å²) in [6.45, 7) is 2.05. The third-order valence-corrected chi connectivity index (χ3v) is 3.67. The minimum absolute atomic E-state index is 0.113. The molecule has 2 N–H and O–H groups in total. The summed E-state index contributed by atoms with van der Waals surface area (Å²) < 4.78 is 0. The Morgan fingerprint density at radius 1 is 1.00 bits per heavy atom. The topological polar surface area (TPSA) is 53.4 Å². The van der Waals surface area contributed by atoms with Crippen LogP contribution in [0.25, 0.3) is 23.1 Å². The molecule has 4 heteroatoms. The van der Waals surface area contributed by atoms with Crippen LogP contribution in [-0.2, 0) is 0 Å². The van der Waals surface area contributed by atoms with Crippen molar-refractivity contribution in [2.45, 2.75) is 6.92 Å². The first-order valence-corrected chi connectivity index (χ1v) is 7.18. The highest BCUT2D eigenvalue weighted by Gasteiger charge is 2.05. The van der Waals surface area contributed by atoms with Crippen LogP contribution in [0, 0.1) is 6.92 Å². The molecule has 0 aliphatic carbocycles. The zero-order valence-corrected chi connectivity index (χ0v) is 12.7. The highest BCUT2D eigenvalue weighted by atomic mass is 35.5. The van der Waals surface area contributed by atoms with E-state index in [0.29, 0.717) is 5.56 Å². The van der Waals surface area contributed by atoms with Crippen molar-refractivity contribution in [2.24, 2.45) is 0 Å². The molecule has 0 bridgehead atoms. The maximum Gasteiger partial charge on any atom is 0.176 e. The van der Waals surface area contributed by atoms with Crippen LogP contribution >= 0.6 is 11.6 Å². The molecule has 3 nitrogen and oxygen atoms in total. The Morgan fingerprint density at radius 3 is 2.59 bits per heavy atom. The van der Waals surface area contributed by atoms with Gasteiger partial charge in [0.1, 0.15) is 0 Å². The third-order valence-electron chi connectivity index (χ3n) is 3.38. The van der Waals surface area contributed by atoms with Gasteiger partial charge in [0.05, 0.1) is 16.2 Å². The van der Waals surface area contributed by atoms with Gasteiger partial charge in [0.2, 0.25) is 0 Å². The van der Waals surface area contributed by atoms with Gasteiger partial charge in [-0.25, -0.2) is 4.98 Å². The molecule has 0 fully saturated rings. The van der Waals surface area contributed by atoms with Crippen LogP contribution in [0.1, 0.15) is 16.8 Å². The number of nitrogens with zero attached hydrogens (tertiary/aromatic N) is 1. The Bertz CT molecular complexity index is 864. The second-order valence-electron chi connectivity index (χ2n) is 5.14. The number of halogens is 1. The van der Waals surface area contributed by atoms with Crippen molar-refractivity contribution in [1.29, 1.82) is 0 Å². The van der Waals surface area contributed by atoms with E-state index in [1.165, 1.54) is 11.6 Å². The maximum absolute atomic E-state index is 9.56. The highest BCUT2D eigenvalue weighted by Crippen LogP contribution is 2.34. The van der Waals surface area contributed by atoms with Crippen molar-refractivity contribution in [3.8, 4) is 11.5 Å². The monoisotopic (exact) mass is 311 g/mol. The highest BCUT2D eigenvalue weighted by molar-refractivity contribution is 6.32. The maximum atomic E-state index is 9.56. The molecule has 0 amide bonds. The normalized spacial score (nSPS) is 11.4. The largest absolute Gasteiger partial charge is 0.504 e. The third kappa shape index (κ3) is 2.90. The van der Waals surface area contributed by atoms with Gasteiger partial charge in [-0.05, 0) is 48.9 Å². The number of rotatable bonds is 2. The molecule has 3 aromatic rings. The van der Waals surface area contributed by atoms with E-state index in [0.717, 1.165) is 16.6 Å². The van der Waals surface area contributed by atoms with Crippen molar-refractivity contribution < 1.29 is 10.2 Å². The minimum atomic E-state index is -0.307. The van der Waals surface area contributed by atoms with Crippen molar-refractivity contribution >= 4 is 34.7 Å². The SMILES string of the molecule is Cc1ccc2nc(/C=C/c3cc(O)c(O)c(Cl)c3)ccc2c1. The van der Waals surface area contributed by atoms with Crippen LogP contribution in [0.4, 0.5) is 0 Å². The first-order valence-electron chi connectivity index (χ1n) is 6.80. The van der Waals surface area contributed by atoms with E-state index in [-0.39, 0.29) is 16.5 Å². The molecule has 22 heavy (non-hydrogen) atoms. The molecule has 0 radical (unpaired) electrons. The van der Waals surface area contributed by atoms with E-state index in [2.05, 4.69) is 11.1 Å². The van der Waals surface area contributed by atoms with Gasteiger partial charge in [0.25, 0.3) is 0 Å². The predicted molar refractivity (Wildman–Crippen MR) is 90.2 cm³/mol. The van der Waals surface area contributed by atoms with Crippen molar-refractivity contribution in [3.63, 3.8) is 0 Å². The summed E-state index contributed by atoms with van der Waals surface area (Å²) in [6.07, 6.45) is 3.62. The fraction of sp³-hybridized carbons (Fsp3) is 0.0556. The Labute approximate surface area is 133 Å². The fourth-order valence-electron chi connectivity index (χ4n) is 2.24. The Hall–Kier alpha value is -2.52. The summed E-state index contributed by atoms with van der Waals surface area (Å²) in [6, 6.07) is 13.1. The Morgan fingerprint density at radius 2 is 1.82 bits per heavy atom. The van der Waals surface area contributed by atoms with Crippen LogP contribution < -0.4 is 0 Å². The number of aromatic hydroxyl groups is 2. The first-order chi connectivity index (χ1) is 10.5. The summed E-state index contributed by atoms with van der Waals surface area (Å²) in [5.74, 6) is -0.549. The van der Waals surface area contributed by atoms with Gasteiger partial charge in [-0.3, -0.25) is 0 Å². The van der Waals surface area contributed by atoms with Crippen molar-refractivity contribution in [1.82, 2.24) is 4.98 Å². The van der Waals surface area contributed by atoms with E-state index in [4.69, 9.17) is 11.6 Å². The number of aryl methyl sites for hydroxylation is 1. The zero-order chi connectivity index (χ0) is 15.7. The molecule has 3 rings (SSSR count). The Kier molecular flexibility index (Phi) is 3.73. The predicted octanol–water partition coefficient (Wildman–Crippen LogP) is 4.78. The van der Waals surface area contributed by atoms with E-state index in [1.54, 1.807) is 12.1 Å². The van der Waals surface area contributed by atoms with Crippen LogP contribution in [0.2, 0.25) is 5.02 Å². The lowest BCUT2D eigenvalue weighted by Gasteiger charge is -2.03. The van der Waals surface area contributed by atoms with Crippen molar-refractivity contribution in [2.75, 3.05) is 0 Å². The number of pyridine rings is 1. The summed E-state index contributed by atoms with van der Waals surface area (Å²) in [4.78, 5) is 4.56. The molecule has 2 aromatic carbocycles. The fourth-order valence-corrected chi connectivity index (χ4v) is 2.46. The molecular weight excluding hydrogens is 298 g/mol. The molecular formula is C18H14ClNO2. The molecule has 0 saturated carbocycles. The number of aromatic nitrogens is 1. The van der Waals surface area contributed by atoms with E-state index >= 15 is 0 Å². The Balaban J connectivity index is 1.94. The van der Waals surface area contributed by atoms with Gasteiger partial charge in [-0.1, -0.05) is 35.4 Å².